The van der Waals surface area contributed by atoms with E-state index in [4.69, 9.17) is 0 Å². The Bertz CT molecular complexity index is 2900. The molecule has 0 spiro atoms. The Morgan fingerprint density at radius 2 is 0.846 bits per heavy atom. The highest BCUT2D eigenvalue weighted by Crippen LogP contribution is 2.44. The van der Waals surface area contributed by atoms with Gasteiger partial charge >= 0.3 is 0 Å². The SMILES string of the molecule is c1ccc(N(c2cccc(-c3ccc4cc(-c5ccc6ccccc6c5)ccc4c3)c2)c2cccc3c2c2ccccc2n3-c2ccccc2)cc1. The Balaban J connectivity index is 1.09. The van der Waals surface area contributed by atoms with Crippen LogP contribution in [0.25, 0.3) is 71.3 Å². The molecule has 0 aliphatic carbocycles. The third-order valence-corrected chi connectivity index (χ3v) is 10.3. The number of anilines is 3. The summed E-state index contributed by atoms with van der Waals surface area (Å²) in [5, 5.41) is 7.44. The molecule has 0 amide bonds. The molecule has 2 heteroatoms. The first kappa shape index (κ1) is 30.0. The highest BCUT2D eigenvalue weighted by Gasteiger charge is 2.21. The van der Waals surface area contributed by atoms with Crippen molar-refractivity contribution in [2.45, 2.75) is 0 Å². The quantitative estimate of drug-likeness (QED) is 0.172. The molecule has 1 heterocycles. The van der Waals surface area contributed by atoms with Crippen molar-refractivity contribution in [3.63, 3.8) is 0 Å². The van der Waals surface area contributed by atoms with Crippen molar-refractivity contribution in [2.24, 2.45) is 0 Å². The summed E-state index contributed by atoms with van der Waals surface area (Å²) < 4.78 is 2.38. The summed E-state index contributed by atoms with van der Waals surface area (Å²) in [5.74, 6) is 0. The predicted molar refractivity (Wildman–Crippen MR) is 221 cm³/mol. The van der Waals surface area contributed by atoms with E-state index in [0.717, 1.165) is 22.7 Å². The molecule has 0 fully saturated rings. The van der Waals surface area contributed by atoms with E-state index < -0.39 is 0 Å². The summed E-state index contributed by atoms with van der Waals surface area (Å²) in [6, 6.07) is 74.7. The van der Waals surface area contributed by atoms with E-state index in [1.807, 2.05) is 0 Å². The van der Waals surface area contributed by atoms with Crippen molar-refractivity contribution < 1.29 is 0 Å². The zero-order chi connectivity index (χ0) is 34.4. The highest BCUT2D eigenvalue weighted by molar-refractivity contribution is 6.16. The molecule has 0 aliphatic rings. The molecule has 0 saturated heterocycles. The summed E-state index contributed by atoms with van der Waals surface area (Å²) in [4.78, 5) is 2.41. The van der Waals surface area contributed by atoms with Crippen molar-refractivity contribution in [2.75, 3.05) is 4.90 Å². The topological polar surface area (TPSA) is 8.17 Å². The lowest BCUT2D eigenvalue weighted by Crippen LogP contribution is -2.10. The van der Waals surface area contributed by atoms with Crippen LogP contribution in [-0.2, 0) is 0 Å². The largest absolute Gasteiger partial charge is 0.310 e. The van der Waals surface area contributed by atoms with Gasteiger partial charge in [-0.1, -0.05) is 133 Å². The molecule has 0 unspecified atom stereocenters. The van der Waals surface area contributed by atoms with E-state index in [1.165, 1.54) is 65.6 Å². The number of para-hydroxylation sites is 3. The number of hydrogen-bond acceptors (Lipinski definition) is 1. The molecule has 10 rings (SSSR count). The number of benzene rings is 9. The smallest absolute Gasteiger partial charge is 0.0562 e. The maximum atomic E-state index is 2.41. The second-order valence-electron chi connectivity index (χ2n) is 13.4. The van der Waals surface area contributed by atoms with Crippen LogP contribution < -0.4 is 4.90 Å². The summed E-state index contributed by atoms with van der Waals surface area (Å²) in [6.07, 6.45) is 0. The normalized spacial score (nSPS) is 11.5. The molecule has 0 radical (unpaired) electrons. The summed E-state index contributed by atoms with van der Waals surface area (Å²) in [6.45, 7) is 0. The maximum Gasteiger partial charge on any atom is 0.0562 e. The summed E-state index contributed by atoms with van der Waals surface area (Å²) in [7, 11) is 0. The lowest BCUT2D eigenvalue weighted by atomic mass is 9.96. The van der Waals surface area contributed by atoms with Crippen LogP contribution in [0.1, 0.15) is 0 Å². The maximum absolute atomic E-state index is 2.41. The fraction of sp³-hybridized carbons (Fsp3) is 0. The van der Waals surface area contributed by atoms with Crippen LogP contribution in [0.4, 0.5) is 17.1 Å². The third kappa shape index (κ3) is 5.12. The molecule has 0 saturated carbocycles. The molecule has 244 valence electrons. The van der Waals surface area contributed by atoms with Crippen molar-refractivity contribution in [3.8, 4) is 27.9 Å². The van der Waals surface area contributed by atoms with Gasteiger partial charge in [-0.25, -0.2) is 0 Å². The molecular formula is C50H34N2. The van der Waals surface area contributed by atoms with Crippen molar-refractivity contribution in [1.29, 1.82) is 0 Å². The first-order valence-corrected chi connectivity index (χ1v) is 17.8. The molecule has 0 N–H and O–H groups in total. The van der Waals surface area contributed by atoms with Gasteiger partial charge in [-0.2, -0.15) is 0 Å². The minimum absolute atomic E-state index is 1.11. The van der Waals surface area contributed by atoms with E-state index in [9.17, 15) is 0 Å². The van der Waals surface area contributed by atoms with Gasteiger partial charge in [-0.15, -0.1) is 0 Å². The Hall–Kier alpha value is -6.90. The lowest BCUT2D eigenvalue weighted by molar-refractivity contribution is 1.18. The van der Waals surface area contributed by atoms with Gasteiger partial charge in [0, 0.05) is 27.8 Å². The molecule has 0 bridgehead atoms. The average molecular weight is 663 g/mol. The highest BCUT2D eigenvalue weighted by atomic mass is 15.1. The van der Waals surface area contributed by atoms with E-state index in [-0.39, 0.29) is 0 Å². The van der Waals surface area contributed by atoms with Gasteiger partial charge in [0.15, 0.2) is 0 Å². The summed E-state index contributed by atoms with van der Waals surface area (Å²) in [5.41, 5.74) is 11.7. The minimum Gasteiger partial charge on any atom is -0.310 e. The lowest BCUT2D eigenvalue weighted by Gasteiger charge is -2.27. The molecule has 1 aromatic heterocycles. The molecule has 0 aliphatic heterocycles. The number of rotatable bonds is 6. The van der Waals surface area contributed by atoms with Crippen LogP contribution in [0.15, 0.2) is 206 Å². The standard InChI is InChI=1S/C50H34N2/c1-3-16-43(17-4-1)51(48-23-12-24-49-50(48)46-21-9-10-22-47(46)52(49)44-18-5-2-6-19-44)45-20-11-15-37(34-45)38-27-28-42-33-41(30-29-40(42)32-38)39-26-25-35-13-7-8-14-36(35)31-39/h1-34H. The van der Waals surface area contributed by atoms with Crippen LogP contribution in [-0.4, -0.2) is 4.57 Å². The fourth-order valence-electron chi connectivity index (χ4n) is 7.84. The Kier molecular flexibility index (Phi) is 7.18. The van der Waals surface area contributed by atoms with Crippen molar-refractivity contribution in [3.05, 3.63) is 206 Å². The molecule has 2 nitrogen and oxygen atoms in total. The first-order chi connectivity index (χ1) is 25.8. The number of nitrogens with zero attached hydrogens (tertiary/aromatic N) is 2. The Labute approximate surface area is 303 Å². The number of fused-ring (bicyclic) bond motifs is 5. The number of aromatic nitrogens is 1. The molecule has 52 heavy (non-hydrogen) atoms. The van der Waals surface area contributed by atoms with E-state index in [2.05, 4.69) is 216 Å². The van der Waals surface area contributed by atoms with Crippen LogP contribution in [0.2, 0.25) is 0 Å². The van der Waals surface area contributed by atoms with Crippen LogP contribution in [0, 0.1) is 0 Å². The fourth-order valence-corrected chi connectivity index (χ4v) is 7.84. The monoisotopic (exact) mass is 662 g/mol. The van der Waals surface area contributed by atoms with E-state index in [0.29, 0.717) is 0 Å². The van der Waals surface area contributed by atoms with Gasteiger partial charge in [-0.05, 0) is 117 Å². The summed E-state index contributed by atoms with van der Waals surface area (Å²) >= 11 is 0. The van der Waals surface area contributed by atoms with Gasteiger partial charge in [0.05, 0.1) is 16.7 Å². The zero-order valence-corrected chi connectivity index (χ0v) is 28.5. The van der Waals surface area contributed by atoms with Gasteiger partial charge in [-0.3, -0.25) is 0 Å². The van der Waals surface area contributed by atoms with Crippen LogP contribution in [0.3, 0.4) is 0 Å². The van der Waals surface area contributed by atoms with Crippen LogP contribution >= 0.6 is 0 Å². The minimum atomic E-state index is 1.11. The van der Waals surface area contributed by atoms with E-state index in [1.54, 1.807) is 0 Å². The van der Waals surface area contributed by atoms with E-state index >= 15 is 0 Å². The van der Waals surface area contributed by atoms with Gasteiger partial charge < -0.3 is 9.47 Å². The molecular weight excluding hydrogens is 629 g/mol. The second kappa shape index (κ2) is 12.5. The molecule has 9 aromatic carbocycles. The second-order valence-corrected chi connectivity index (χ2v) is 13.4. The number of hydrogen-bond donors (Lipinski definition) is 0. The van der Waals surface area contributed by atoms with Crippen molar-refractivity contribution >= 4 is 60.4 Å². The predicted octanol–water partition coefficient (Wildman–Crippen LogP) is 13.9. The van der Waals surface area contributed by atoms with Crippen molar-refractivity contribution in [1.82, 2.24) is 4.57 Å². The third-order valence-electron chi connectivity index (χ3n) is 10.3. The van der Waals surface area contributed by atoms with Gasteiger partial charge in [0.1, 0.15) is 0 Å². The average Bonchev–Trinajstić information content (AvgIpc) is 3.56. The van der Waals surface area contributed by atoms with Gasteiger partial charge in [0.25, 0.3) is 0 Å². The zero-order valence-electron chi connectivity index (χ0n) is 28.5. The molecule has 0 atom stereocenters. The molecule has 10 aromatic rings. The van der Waals surface area contributed by atoms with Crippen LogP contribution in [0.5, 0.6) is 0 Å². The first-order valence-electron chi connectivity index (χ1n) is 17.8. The Morgan fingerprint density at radius 1 is 0.327 bits per heavy atom. The van der Waals surface area contributed by atoms with Gasteiger partial charge in [0.2, 0.25) is 0 Å². The Morgan fingerprint density at radius 3 is 1.58 bits per heavy atom.